The molecule has 2 aromatic rings. The smallest absolute Gasteiger partial charge is 0.254 e. The van der Waals surface area contributed by atoms with Gasteiger partial charge in [0.25, 0.3) is 5.91 Å². The van der Waals surface area contributed by atoms with Crippen molar-refractivity contribution in [1.29, 1.82) is 0 Å². The van der Waals surface area contributed by atoms with E-state index in [-0.39, 0.29) is 17.9 Å². The summed E-state index contributed by atoms with van der Waals surface area (Å²) in [6.07, 6.45) is 7.51. The normalized spacial score (nSPS) is 22.7. The van der Waals surface area contributed by atoms with Crippen LogP contribution in [0.15, 0.2) is 36.7 Å². The van der Waals surface area contributed by atoms with E-state index >= 15 is 0 Å². The predicted octanol–water partition coefficient (Wildman–Crippen LogP) is 1.96. The third kappa shape index (κ3) is 3.95. The number of likely N-dealkylation sites (tertiary alicyclic amines) is 1. The Morgan fingerprint density at radius 3 is 3.00 bits per heavy atom. The van der Waals surface area contributed by atoms with Crippen LogP contribution in [0.3, 0.4) is 0 Å². The van der Waals surface area contributed by atoms with Crippen LogP contribution in [0.5, 0.6) is 0 Å². The summed E-state index contributed by atoms with van der Waals surface area (Å²) in [6.45, 7) is 3.03. The van der Waals surface area contributed by atoms with Crippen molar-refractivity contribution in [2.45, 2.75) is 31.7 Å². The molecule has 2 unspecified atom stereocenters. The van der Waals surface area contributed by atoms with Gasteiger partial charge in [0.2, 0.25) is 5.91 Å². The molecule has 0 spiro atoms. The Morgan fingerprint density at radius 1 is 1.22 bits per heavy atom. The standard InChI is InChI=1S/C21H26N4O2/c26-20(19-7-2-9-23-19)24-12-15-4-3-11-25(14-15)21(27)18-6-1-5-16-13-22-10-8-17(16)18/h1,5-6,8,10,13,15,19,23H,2-4,7,9,11-12,14H2,(H,24,26). The molecule has 2 saturated heterocycles. The lowest BCUT2D eigenvalue weighted by molar-refractivity contribution is -0.123. The number of carbonyl (C=O) groups is 2. The summed E-state index contributed by atoms with van der Waals surface area (Å²) >= 11 is 0. The second-order valence-corrected chi connectivity index (χ2v) is 7.56. The van der Waals surface area contributed by atoms with Crippen LogP contribution >= 0.6 is 0 Å². The molecule has 2 aliphatic rings. The zero-order valence-corrected chi connectivity index (χ0v) is 15.5. The molecule has 2 atom stereocenters. The van der Waals surface area contributed by atoms with E-state index in [2.05, 4.69) is 15.6 Å². The van der Waals surface area contributed by atoms with E-state index in [0.717, 1.165) is 55.1 Å². The predicted molar refractivity (Wildman–Crippen MR) is 104 cm³/mol. The van der Waals surface area contributed by atoms with Gasteiger partial charge in [-0.1, -0.05) is 12.1 Å². The summed E-state index contributed by atoms with van der Waals surface area (Å²) in [5.74, 6) is 0.475. The van der Waals surface area contributed by atoms with Crippen LogP contribution in [0.2, 0.25) is 0 Å². The maximum Gasteiger partial charge on any atom is 0.254 e. The fraction of sp³-hybridized carbons (Fsp3) is 0.476. The number of rotatable bonds is 4. The van der Waals surface area contributed by atoms with Crippen LogP contribution in [0.1, 0.15) is 36.0 Å². The molecule has 142 valence electrons. The molecule has 1 aromatic heterocycles. The highest BCUT2D eigenvalue weighted by Crippen LogP contribution is 2.23. The van der Waals surface area contributed by atoms with Crippen LogP contribution in [-0.2, 0) is 4.79 Å². The van der Waals surface area contributed by atoms with Gasteiger partial charge in [0.05, 0.1) is 6.04 Å². The van der Waals surface area contributed by atoms with Crippen molar-refractivity contribution in [3.05, 3.63) is 42.2 Å². The summed E-state index contributed by atoms with van der Waals surface area (Å²) in [5.41, 5.74) is 0.731. The Morgan fingerprint density at radius 2 is 2.15 bits per heavy atom. The Kier molecular flexibility index (Phi) is 5.34. The molecule has 4 rings (SSSR count). The van der Waals surface area contributed by atoms with Gasteiger partial charge in [0.1, 0.15) is 0 Å². The maximum atomic E-state index is 13.1. The highest BCUT2D eigenvalue weighted by molar-refractivity contribution is 6.06. The van der Waals surface area contributed by atoms with Crippen molar-refractivity contribution in [1.82, 2.24) is 20.5 Å². The van der Waals surface area contributed by atoms with E-state index in [4.69, 9.17) is 0 Å². The zero-order valence-electron chi connectivity index (χ0n) is 15.5. The Labute approximate surface area is 159 Å². The number of piperidine rings is 1. The van der Waals surface area contributed by atoms with Gasteiger partial charge in [-0.05, 0) is 55.7 Å². The van der Waals surface area contributed by atoms with Crippen molar-refractivity contribution in [3.8, 4) is 0 Å². The third-order valence-corrected chi connectivity index (χ3v) is 5.66. The molecule has 0 saturated carbocycles. The first-order valence-electron chi connectivity index (χ1n) is 9.85. The number of aromatic nitrogens is 1. The lowest BCUT2D eigenvalue weighted by Gasteiger charge is -2.33. The molecule has 6 heteroatoms. The summed E-state index contributed by atoms with van der Waals surface area (Å²) in [7, 11) is 0. The van der Waals surface area contributed by atoms with Gasteiger partial charge in [-0.2, -0.15) is 0 Å². The summed E-state index contributed by atoms with van der Waals surface area (Å²) in [4.78, 5) is 31.4. The number of nitrogens with zero attached hydrogens (tertiary/aromatic N) is 2. The van der Waals surface area contributed by atoms with E-state index in [9.17, 15) is 9.59 Å². The molecule has 0 aliphatic carbocycles. The molecule has 6 nitrogen and oxygen atoms in total. The van der Waals surface area contributed by atoms with Crippen LogP contribution in [0, 0.1) is 5.92 Å². The first-order chi connectivity index (χ1) is 13.2. The minimum absolute atomic E-state index is 0.0457. The number of hydrogen-bond donors (Lipinski definition) is 2. The number of pyridine rings is 1. The lowest BCUT2D eigenvalue weighted by atomic mass is 9.96. The van der Waals surface area contributed by atoms with Crippen LogP contribution in [0.4, 0.5) is 0 Å². The van der Waals surface area contributed by atoms with Crippen molar-refractivity contribution in [2.24, 2.45) is 5.92 Å². The number of hydrogen-bond acceptors (Lipinski definition) is 4. The van der Waals surface area contributed by atoms with Gasteiger partial charge in [-0.25, -0.2) is 0 Å². The molecule has 27 heavy (non-hydrogen) atoms. The fourth-order valence-electron chi connectivity index (χ4n) is 4.17. The van der Waals surface area contributed by atoms with E-state index in [1.165, 1.54) is 0 Å². The number of nitrogens with one attached hydrogen (secondary N) is 2. The largest absolute Gasteiger partial charge is 0.354 e. The number of benzene rings is 1. The first-order valence-corrected chi connectivity index (χ1v) is 9.85. The maximum absolute atomic E-state index is 13.1. The molecule has 0 radical (unpaired) electrons. The van der Waals surface area contributed by atoms with Gasteiger partial charge in [0, 0.05) is 43.0 Å². The van der Waals surface area contributed by atoms with Crippen molar-refractivity contribution < 1.29 is 9.59 Å². The lowest BCUT2D eigenvalue weighted by Crippen LogP contribution is -2.46. The molecular weight excluding hydrogens is 340 g/mol. The summed E-state index contributed by atoms with van der Waals surface area (Å²) < 4.78 is 0. The van der Waals surface area contributed by atoms with E-state index in [1.54, 1.807) is 12.4 Å². The average molecular weight is 366 g/mol. The molecular formula is C21H26N4O2. The SMILES string of the molecule is O=C(NCC1CCCN(C(=O)c2cccc3cnccc23)C1)C1CCCN1. The van der Waals surface area contributed by atoms with Crippen molar-refractivity contribution in [3.63, 3.8) is 0 Å². The van der Waals surface area contributed by atoms with Gasteiger partial charge in [0.15, 0.2) is 0 Å². The Hall–Kier alpha value is -2.47. The highest BCUT2D eigenvalue weighted by Gasteiger charge is 2.27. The minimum atomic E-state index is -0.0457. The van der Waals surface area contributed by atoms with E-state index < -0.39 is 0 Å². The van der Waals surface area contributed by atoms with E-state index in [1.807, 2.05) is 29.2 Å². The summed E-state index contributed by atoms with van der Waals surface area (Å²) in [6, 6.07) is 7.63. The minimum Gasteiger partial charge on any atom is -0.354 e. The average Bonchev–Trinajstić information content (AvgIpc) is 3.26. The zero-order chi connectivity index (χ0) is 18.6. The topological polar surface area (TPSA) is 74.3 Å². The summed E-state index contributed by atoms with van der Waals surface area (Å²) in [5, 5.41) is 8.23. The molecule has 2 aliphatic heterocycles. The molecule has 2 fully saturated rings. The van der Waals surface area contributed by atoms with Gasteiger partial charge in [-0.3, -0.25) is 14.6 Å². The molecule has 1 aromatic carbocycles. The fourth-order valence-corrected chi connectivity index (χ4v) is 4.17. The Balaban J connectivity index is 1.40. The molecule has 2 amide bonds. The number of fused-ring (bicyclic) bond motifs is 1. The monoisotopic (exact) mass is 366 g/mol. The van der Waals surface area contributed by atoms with Crippen LogP contribution in [0.25, 0.3) is 10.8 Å². The highest BCUT2D eigenvalue weighted by atomic mass is 16.2. The van der Waals surface area contributed by atoms with Gasteiger partial charge < -0.3 is 15.5 Å². The second kappa shape index (κ2) is 8.05. The van der Waals surface area contributed by atoms with Gasteiger partial charge >= 0.3 is 0 Å². The molecule has 2 N–H and O–H groups in total. The van der Waals surface area contributed by atoms with Gasteiger partial charge in [-0.15, -0.1) is 0 Å². The third-order valence-electron chi connectivity index (χ3n) is 5.66. The van der Waals surface area contributed by atoms with Crippen LogP contribution in [-0.4, -0.2) is 53.9 Å². The van der Waals surface area contributed by atoms with Crippen molar-refractivity contribution >= 4 is 22.6 Å². The number of carbonyl (C=O) groups excluding carboxylic acids is 2. The van der Waals surface area contributed by atoms with E-state index in [0.29, 0.717) is 19.0 Å². The first kappa shape index (κ1) is 17.9. The molecule has 3 heterocycles. The van der Waals surface area contributed by atoms with Crippen LogP contribution < -0.4 is 10.6 Å². The number of amides is 2. The second-order valence-electron chi connectivity index (χ2n) is 7.56. The molecule has 0 bridgehead atoms. The quantitative estimate of drug-likeness (QED) is 0.867. The van der Waals surface area contributed by atoms with Crippen molar-refractivity contribution in [2.75, 3.05) is 26.2 Å². The Bertz CT molecular complexity index is 827.